The Kier molecular flexibility index (Phi) is 3.93. The Bertz CT molecular complexity index is 589. The van der Waals surface area contributed by atoms with Crippen molar-refractivity contribution in [2.24, 2.45) is 0 Å². The zero-order chi connectivity index (χ0) is 13.1. The summed E-state index contributed by atoms with van der Waals surface area (Å²) >= 11 is 8.85. The van der Waals surface area contributed by atoms with E-state index in [1.165, 1.54) is 30.5 Å². The van der Waals surface area contributed by atoms with Crippen molar-refractivity contribution < 1.29 is 9.18 Å². The molecule has 3 nitrogen and oxygen atoms in total. The molecule has 0 fully saturated rings. The molecular formula is C12H7BrClFN2O. The first-order chi connectivity index (χ1) is 8.56. The fourth-order valence-electron chi connectivity index (χ4n) is 1.30. The quantitative estimate of drug-likeness (QED) is 0.908. The van der Waals surface area contributed by atoms with Crippen LogP contribution in [0.1, 0.15) is 10.4 Å². The second-order valence-corrected chi connectivity index (χ2v) is 4.79. The van der Waals surface area contributed by atoms with Gasteiger partial charge in [0, 0.05) is 10.7 Å². The van der Waals surface area contributed by atoms with Crippen LogP contribution in [-0.2, 0) is 0 Å². The molecule has 0 radical (unpaired) electrons. The van der Waals surface area contributed by atoms with Gasteiger partial charge in [0.15, 0.2) is 0 Å². The van der Waals surface area contributed by atoms with E-state index in [0.717, 1.165) is 0 Å². The van der Waals surface area contributed by atoms with Gasteiger partial charge in [-0.05, 0) is 30.3 Å². The van der Waals surface area contributed by atoms with Crippen LogP contribution in [0, 0.1) is 5.82 Å². The first kappa shape index (κ1) is 13.0. The lowest BCUT2D eigenvalue weighted by atomic mass is 10.2. The van der Waals surface area contributed by atoms with Gasteiger partial charge in [0.25, 0.3) is 5.91 Å². The molecule has 1 aromatic carbocycles. The van der Waals surface area contributed by atoms with E-state index in [1.807, 2.05) is 0 Å². The predicted octanol–water partition coefficient (Wildman–Crippen LogP) is 3.89. The molecule has 0 aliphatic carbocycles. The zero-order valence-electron chi connectivity index (χ0n) is 8.95. The van der Waals surface area contributed by atoms with Crippen LogP contribution in [0.2, 0.25) is 5.02 Å². The highest BCUT2D eigenvalue weighted by atomic mass is 79.9. The van der Waals surface area contributed by atoms with Crippen molar-refractivity contribution in [1.82, 2.24) is 4.98 Å². The van der Waals surface area contributed by atoms with Gasteiger partial charge in [0.2, 0.25) is 0 Å². The van der Waals surface area contributed by atoms with Gasteiger partial charge in [-0.1, -0.05) is 27.5 Å². The Morgan fingerprint density at radius 2 is 2.11 bits per heavy atom. The van der Waals surface area contributed by atoms with E-state index in [-0.39, 0.29) is 5.56 Å². The number of anilines is 1. The number of nitrogens with zero attached hydrogens (tertiary/aromatic N) is 1. The third-order valence-corrected chi connectivity index (χ3v) is 2.86. The van der Waals surface area contributed by atoms with Gasteiger partial charge < -0.3 is 5.32 Å². The standard InChI is InChI=1S/C12H7BrClFN2O/c13-7-1-3-10(15)9(5-7)12(18)17-11-4-2-8(14)6-16-11/h1-6H,(H,16,17,18). The molecule has 1 N–H and O–H groups in total. The van der Waals surface area contributed by atoms with E-state index in [9.17, 15) is 9.18 Å². The van der Waals surface area contributed by atoms with Gasteiger partial charge in [0.05, 0.1) is 10.6 Å². The largest absolute Gasteiger partial charge is 0.306 e. The summed E-state index contributed by atoms with van der Waals surface area (Å²) in [7, 11) is 0. The third kappa shape index (κ3) is 3.05. The molecule has 0 saturated carbocycles. The molecule has 6 heteroatoms. The molecule has 1 amide bonds. The Hall–Kier alpha value is -1.46. The molecule has 0 aliphatic heterocycles. The van der Waals surface area contributed by atoms with Gasteiger partial charge in [-0.15, -0.1) is 0 Å². The molecule has 2 rings (SSSR count). The number of carbonyl (C=O) groups is 1. The van der Waals surface area contributed by atoms with E-state index in [0.29, 0.717) is 15.3 Å². The number of carbonyl (C=O) groups excluding carboxylic acids is 1. The zero-order valence-corrected chi connectivity index (χ0v) is 11.3. The normalized spacial score (nSPS) is 10.2. The van der Waals surface area contributed by atoms with E-state index in [4.69, 9.17) is 11.6 Å². The summed E-state index contributed by atoms with van der Waals surface area (Å²) < 4.78 is 14.1. The van der Waals surface area contributed by atoms with Gasteiger partial charge in [-0.2, -0.15) is 0 Å². The van der Waals surface area contributed by atoms with E-state index in [1.54, 1.807) is 6.07 Å². The number of halogens is 3. The van der Waals surface area contributed by atoms with Crippen LogP contribution in [0.3, 0.4) is 0 Å². The number of hydrogen-bond donors (Lipinski definition) is 1. The smallest absolute Gasteiger partial charge is 0.259 e. The van der Waals surface area contributed by atoms with Crippen LogP contribution < -0.4 is 5.32 Å². The van der Waals surface area contributed by atoms with E-state index in [2.05, 4.69) is 26.2 Å². The Morgan fingerprint density at radius 3 is 2.78 bits per heavy atom. The van der Waals surface area contributed by atoms with Gasteiger partial charge in [0.1, 0.15) is 11.6 Å². The lowest BCUT2D eigenvalue weighted by Gasteiger charge is -2.05. The molecule has 0 bridgehead atoms. The van der Waals surface area contributed by atoms with Crippen LogP contribution in [0.4, 0.5) is 10.2 Å². The predicted molar refractivity (Wildman–Crippen MR) is 71.3 cm³/mol. The molecular weight excluding hydrogens is 322 g/mol. The number of benzene rings is 1. The van der Waals surface area contributed by atoms with E-state index < -0.39 is 11.7 Å². The average molecular weight is 330 g/mol. The highest BCUT2D eigenvalue weighted by Gasteiger charge is 2.12. The maximum absolute atomic E-state index is 13.5. The summed E-state index contributed by atoms with van der Waals surface area (Å²) in [6.45, 7) is 0. The second-order valence-electron chi connectivity index (χ2n) is 3.44. The molecule has 1 heterocycles. The Balaban J connectivity index is 2.21. The summed E-state index contributed by atoms with van der Waals surface area (Å²) in [5.41, 5.74) is -0.0545. The third-order valence-electron chi connectivity index (χ3n) is 2.14. The Labute approximate surface area is 116 Å². The van der Waals surface area contributed by atoms with Crippen molar-refractivity contribution in [1.29, 1.82) is 0 Å². The van der Waals surface area contributed by atoms with Crippen molar-refractivity contribution >= 4 is 39.3 Å². The minimum Gasteiger partial charge on any atom is -0.306 e. The highest BCUT2D eigenvalue weighted by Crippen LogP contribution is 2.17. The SMILES string of the molecule is O=C(Nc1ccc(Cl)cn1)c1cc(Br)ccc1F. The fraction of sp³-hybridized carbons (Fsp3) is 0. The summed E-state index contributed by atoms with van der Waals surface area (Å²) in [6.07, 6.45) is 1.40. The van der Waals surface area contributed by atoms with E-state index >= 15 is 0 Å². The lowest BCUT2D eigenvalue weighted by molar-refractivity contribution is 0.102. The molecule has 0 spiro atoms. The van der Waals surface area contributed by atoms with Crippen LogP contribution in [0.15, 0.2) is 41.0 Å². The van der Waals surface area contributed by atoms with Crippen molar-refractivity contribution in [2.75, 3.05) is 5.32 Å². The number of rotatable bonds is 2. The maximum Gasteiger partial charge on any atom is 0.259 e. The summed E-state index contributed by atoms with van der Waals surface area (Å²) in [6, 6.07) is 7.26. The molecule has 0 saturated heterocycles. The topological polar surface area (TPSA) is 42.0 Å². The number of nitrogens with one attached hydrogen (secondary N) is 1. The number of aromatic nitrogens is 1. The number of hydrogen-bond acceptors (Lipinski definition) is 2. The molecule has 0 atom stereocenters. The first-order valence-electron chi connectivity index (χ1n) is 4.94. The first-order valence-corrected chi connectivity index (χ1v) is 6.11. The molecule has 18 heavy (non-hydrogen) atoms. The van der Waals surface area contributed by atoms with Crippen LogP contribution >= 0.6 is 27.5 Å². The average Bonchev–Trinajstić information content (AvgIpc) is 2.35. The summed E-state index contributed by atoms with van der Waals surface area (Å²) in [4.78, 5) is 15.7. The molecule has 0 unspecified atom stereocenters. The minimum atomic E-state index is -0.593. The van der Waals surface area contributed by atoms with Crippen LogP contribution in [0.5, 0.6) is 0 Å². The molecule has 92 valence electrons. The molecule has 2 aromatic rings. The lowest BCUT2D eigenvalue weighted by Crippen LogP contribution is -2.14. The fourth-order valence-corrected chi connectivity index (χ4v) is 1.78. The second kappa shape index (κ2) is 5.46. The Morgan fingerprint density at radius 1 is 1.33 bits per heavy atom. The van der Waals surface area contributed by atoms with Crippen LogP contribution in [-0.4, -0.2) is 10.9 Å². The maximum atomic E-state index is 13.5. The van der Waals surface area contributed by atoms with Crippen LogP contribution in [0.25, 0.3) is 0 Å². The number of amides is 1. The number of pyridine rings is 1. The van der Waals surface area contributed by atoms with Crippen molar-refractivity contribution in [3.8, 4) is 0 Å². The summed E-state index contributed by atoms with van der Waals surface area (Å²) in [5.74, 6) is -0.850. The molecule has 0 aliphatic rings. The van der Waals surface area contributed by atoms with Crippen molar-refractivity contribution in [3.05, 3.63) is 57.4 Å². The monoisotopic (exact) mass is 328 g/mol. The van der Waals surface area contributed by atoms with Gasteiger partial charge in [-0.3, -0.25) is 4.79 Å². The minimum absolute atomic E-state index is 0.0545. The highest BCUT2D eigenvalue weighted by molar-refractivity contribution is 9.10. The van der Waals surface area contributed by atoms with Crippen molar-refractivity contribution in [2.45, 2.75) is 0 Å². The van der Waals surface area contributed by atoms with Crippen molar-refractivity contribution in [3.63, 3.8) is 0 Å². The van der Waals surface area contributed by atoms with Gasteiger partial charge >= 0.3 is 0 Å². The van der Waals surface area contributed by atoms with Gasteiger partial charge in [-0.25, -0.2) is 9.37 Å². The summed E-state index contributed by atoms with van der Waals surface area (Å²) in [5, 5.41) is 2.94. The molecule has 1 aromatic heterocycles.